The van der Waals surface area contributed by atoms with Crippen LogP contribution in [0, 0.1) is 25.7 Å². The molecule has 1 fully saturated rings. The molecule has 0 saturated heterocycles. The first-order valence-corrected chi connectivity index (χ1v) is 22.9. The first-order valence-electron chi connectivity index (χ1n) is 22.9. The Balaban J connectivity index is 0.000000741. The van der Waals surface area contributed by atoms with Crippen LogP contribution < -0.4 is 0 Å². The quantitative estimate of drug-likeness (QED) is 0.0354. The van der Waals surface area contributed by atoms with Gasteiger partial charge in [0, 0.05) is 31.3 Å². The van der Waals surface area contributed by atoms with E-state index in [2.05, 4.69) is 52.8 Å². The van der Waals surface area contributed by atoms with E-state index in [0.29, 0.717) is 36.9 Å². The maximum Gasteiger partial charge on any atom is 0.331 e. The molecular weight excluding hydrogens is 717 g/mol. The zero-order chi connectivity index (χ0) is 42.1. The number of esters is 3. The number of aliphatic hydroxyl groups is 1. The van der Waals surface area contributed by atoms with Crippen LogP contribution in [0.1, 0.15) is 198 Å². The van der Waals surface area contributed by atoms with Crippen molar-refractivity contribution in [2.24, 2.45) is 11.8 Å². The molecule has 3 atom stereocenters. The molecule has 57 heavy (non-hydrogen) atoms. The van der Waals surface area contributed by atoms with Gasteiger partial charge in [-0.2, -0.15) is 0 Å². The van der Waals surface area contributed by atoms with Crippen LogP contribution in [0.3, 0.4) is 0 Å². The minimum atomic E-state index is -0.893. The molecule has 0 spiro atoms. The fourth-order valence-corrected chi connectivity index (χ4v) is 7.44. The van der Waals surface area contributed by atoms with E-state index in [1.54, 1.807) is 0 Å². The Morgan fingerprint density at radius 1 is 0.702 bits per heavy atom. The second-order valence-electron chi connectivity index (χ2n) is 16.6. The van der Waals surface area contributed by atoms with Crippen LogP contribution in [0.15, 0.2) is 30.4 Å². The number of unbranched alkanes of at least 4 members (excludes halogenated alkanes) is 16. The van der Waals surface area contributed by atoms with Gasteiger partial charge in [-0.3, -0.25) is 14.4 Å². The summed E-state index contributed by atoms with van der Waals surface area (Å²) in [4.78, 5) is 48.9. The van der Waals surface area contributed by atoms with E-state index in [9.17, 15) is 24.3 Å². The van der Waals surface area contributed by atoms with Crippen molar-refractivity contribution >= 4 is 23.7 Å². The largest absolute Gasteiger partial charge is 0.462 e. The van der Waals surface area contributed by atoms with Crippen LogP contribution >= 0.6 is 0 Å². The number of ketones is 1. The van der Waals surface area contributed by atoms with Gasteiger partial charge in [0.1, 0.15) is 19.0 Å². The third kappa shape index (κ3) is 27.3. The van der Waals surface area contributed by atoms with E-state index in [-0.39, 0.29) is 25.2 Å². The van der Waals surface area contributed by atoms with Crippen LogP contribution in [-0.2, 0) is 39.8 Å². The Hall–Kier alpha value is -3.00. The summed E-state index contributed by atoms with van der Waals surface area (Å²) in [6, 6.07) is 6.29. The zero-order valence-electron chi connectivity index (χ0n) is 37.1. The third-order valence-electron chi connectivity index (χ3n) is 11.1. The molecule has 1 aliphatic rings. The van der Waals surface area contributed by atoms with Crippen LogP contribution in [-0.4, -0.2) is 54.2 Å². The summed E-state index contributed by atoms with van der Waals surface area (Å²) in [5.41, 5.74) is 3.76. The molecule has 8 nitrogen and oxygen atoms in total. The molecule has 1 aromatic carbocycles. The molecule has 3 unspecified atom stereocenters. The fraction of sp³-hybridized carbons (Fsp3) is 0.755. The molecule has 0 heterocycles. The van der Waals surface area contributed by atoms with Crippen molar-refractivity contribution in [3.05, 3.63) is 47.0 Å². The molecular formula is C49H82O8. The molecule has 1 saturated carbocycles. The molecule has 1 N–H and O–H groups in total. The summed E-state index contributed by atoms with van der Waals surface area (Å²) in [5.74, 6) is -0.0436. The number of Topliss-reactive ketones (excluding diaryl/α,β-unsaturated/α-hetero) is 1. The highest BCUT2D eigenvalue weighted by molar-refractivity contribution is 5.84. The van der Waals surface area contributed by atoms with Crippen molar-refractivity contribution in [2.75, 3.05) is 13.2 Å². The highest BCUT2D eigenvalue weighted by Gasteiger charge is 2.28. The monoisotopic (exact) mass is 799 g/mol. The third-order valence-corrected chi connectivity index (χ3v) is 11.1. The molecule has 0 bridgehead atoms. The van der Waals surface area contributed by atoms with Crippen LogP contribution in [0.5, 0.6) is 0 Å². The summed E-state index contributed by atoms with van der Waals surface area (Å²) in [6.45, 7) is 12.1. The number of aryl methyl sites for hydroxylation is 2. The van der Waals surface area contributed by atoms with Gasteiger partial charge in [-0.1, -0.05) is 161 Å². The zero-order valence-corrected chi connectivity index (χ0v) is 37.1. The number of hydrogen-bond donors (Lipinski definition) is 1. The lowest BCUT2D eigenvalue weighted by Gasteiger charge is -2.27. The molecule has 0 aliphatic heterocycles. The summed E-state index contributed by atoms with van der Waals surface area (Å²) in [6.07, 6.45) is 27.8. The van der Waals surface area contributed by atoms with Crippen molar-refractivity contribution in [2.45, 2.75) is 214 Å². The van der Waals surface area contributed by atoms with Gasteiger partial charge in [0.25, 0.3) is 0 Å². The highest BCUT2D eigenvalue weighted by Crippen LogP contribution is 2.31. The van der Waals surface area contributed by atoms with Gasteiger partial charge in [-0.05, 0) is 68.7 Å². The summed E-state index contributed by atoms with van der Waals surface area (Å²) in [5, 5.41) is 9.32. The van der Waals surface area contributed by atoms with Crippen molar-refractivity contribution in [1.82, 2.24) is 0 Å². The van der Waals surface area contributed by atoms with E-state index in [0.717, 1.165) is 51.0 Å². The first kappa shape index (κ1) is 52.0. The molecule has 2 rings (SSSR count). The Morgan fingerprint density at radius 2 is 1.14 bits per heavy atom. The predicted octanol–water partition coefficient (Wildman–Crippen LogP) is 12.0. The lowest BCUT2D eigenvalue weighted by Crippen LogP contribution is -2.30. The van der Waals surface area contributed by atoms with Gasteiger partial charge < -0.3 is 19.3 Å². The highest BCUT2D eigenvalue weighted by atomic mass is 16.6. The van der Waals surface area contributed by atoms with Crippen molar-refractivity contribution in [1.29, 1.82) is 0 Å². The number of ether oxygens (including phenoxy) is 3. The minimum absolute atomic E-state index is 0.171. The SMILES string of the molecule is CCCCCCCCCCCC(=O)OCC(COC(=O)CCCCCCCCCCC)OC(=O)/C=C/C(C)O.Cc1cccc(C)c1CC(=O)C1CCCCC1C. The van der Waals surface area contributed by atoms with Gasteiger partial charge in [0.2, 0.25) is 0 Å². The molecule has 1 aromatic rings. The number of hydrogen-bond acceptors (Lipinski definition) is 8. The average molecular weight is 799 g/mol. The Labute approximate surface area is 347 Å². The lowest BCUT2D eigenvalue weighted by molar-refractivity contribution is -0.163. The van der Waals surface area contributed by atoms with E-state index in [1.807, 2.05) is 0 Å². The van der Waals surface area contributed by atoms with Crippen LogP contribution in [0.4, 0.5) is 0 Å². The summed E-state index contributed by atoms with van der Waals surface area (Å²) < 4.78 is 15.9. The van der Waals surface area contributed by atoms with Gasteiger partial charge >= 0.3 is 17.9 Å². The minimum Gasteiger partial charge on any atom is -0.462 e. The van der Waals surface area contributed by atoms with E-state index < -0.39 is 18.2 Å². The van der Waals surface area contributed by atoms with Gasteiger partial charge in [0.05, 0.1) is 6.10 Å². The molecule has 0 radical (unpaired) electrons. The topological polar surface area (TPSA) is 116 Å². The molecule has 0 aromatic heterocycles. The Bertz CT molecular complexity index is 1200. The normalized spacial score (nSPS) is 15.9. The maximum atomic E-state index is 12.5. The van der Waals surface area contributed by atoms with Crippen molar-refractivity contribution in [3.8, 4) is 0 Å². The fourth-order valence-electron chi connectivity index (χ4n) is 7.44. The van der Waals surface area contributed by atoms with Gasteiger partial charge in [-0.25, -0.2) is 4.79 Å². The molecule has 0 amide bonds. The Kier molecular flexibility index (Phi) is 31.0. The standard InChI is InChI=1S/C32H58O7.C17H24O/c1-4-6-8-10-12-14-16-18-20-22-30(34)37-26-29(39-32(36)25-24-28(3)33)27-38-31(35)23-21-19-17-15-13-11-9-7-5-2;1-12-7-4-5-10-15(12)17(18)11-16-13(2)8-6-9-14(16)3/h24-25,28-29,33H,4-23,26-27H2,1-3H3;6,8-9,12,15H,4-5,7,10-11H2,1-3H3/b25-24+;. The van der Waals surface area contributed by atoms with E-state index in [1.165, 1.54) is 126 Å². The molecule has 1 aliphatic carbocycles. The summed E-state index contributed by atoms with van der Waals surface area (Å²) in [7, 11) is 0. The van der Waals surface area contributed by atoms with Gasteiger partial charge in [0.15, 0.2) is 6.10 Å². The summed E-state index contributed by atoms with van der Waals surface area (Å²) >= 11 is 0. The lowest BCUT2D eigenvalue weighted by atomic mass is 9.76. The van der Waals surface area contributed by atoms with Gasteiger partial charge in [-0.15, -0.1) is 0 Å². The number of carbonyl (C=O) groups is 4. The Morgan fingerprint density at radius 3 is 1.58 bits per heavy atom. The van der Waals surface area contributed by atoms with Crippen molar-refractivity contribution < 1.29 is 38.5 Å². The number of carbonyl (C=O) groups excluding carboxylic acids is 4. The predicted molar refractivity (Wildman–Crippen MR) is 232 cm³/mol. The van der Waals surface area contributed by atoms with Crippen LogP contribution in [0.2, 0.25) is 0 Å². The molecule has 326 valence electrons. The maximum absolute atomic E-state index is 12.5. The smallest absolute Gasteiger partial charge is 0.331 e. The van der Waals surface area contributed by atoms with E-state index in [4.69, 9.17) is 14.2 Å². The van der Waals surface area contributed by atoms with Crippen molar-refractivity contribution in [3.63, 3.8) is 0 Å². The number of rotatable bonds is 30. The average Bonchev–Trinajstić information content (AvgIpc) is 3.18. The number of benzene rings is 1. The number of aliphatic hydroxyl groups excluding tert-OH is 1. The van der Waals surface area contributed by atoms with E-state index >= 15 is 0 Å². The first-order chi connectivity index (χ1) is 27.5. The second-order valence-corrected chi connectivity index (χ2v) is 16.6. The molecule has 8 heteroatoms. The second kappa shape index (κ2) is 33.9. The van der Waals surface area contributed by atoms with Crippen LogP contribution in [0.25, 0.3) is 0 Å².